The van der Waals surface area contributed by atoms with Crippen LogP contribution in [-0.2, 0) is 11.0 Å². The van der Waals surface area contributed by atoms with Crippen molar-refractivity contribution in [1.29, 1.82) is 0 Å². The summed E-state index contributed by atoms with van der Waals surface area (Å²) in [5, 5.41) is 12.4. The van der Waals surface area contributed by atoms with Crippen LogP contribution >= 0.6 is 12.4 Å². The lowest BCUT2D eigenvalue weighted by atomic mass is 9.98. The van der Waals surface area contributed by atoms with Crippen molar-refractivity contribution < 1.29 is 27.8 Å². The number of nitrogens with two attached hydrogens (primary N) is 1. The lowest BCUT2D eigenvalue weighted by Crippen LogP contribution is -2.53. The van der Waals surface area contributed by atoms with E-state index in [1.807, 2.05) is 0 Å². The summed E-state index contributed by atoms with van der Waals surface area (Å²) in [6.45, 7) is -0.310. The first kappa shape index (κ1) is 21.5. The number of ether oxygens (including phenoxy) is 1. The fraction of sp³-hybridized carbons (Fsp3) is 0.562. The number of hydrogen-bond acceptors (Lipinski definition) is 4. The van der Waals surface area contributed by atoms with Crippen LogP contribution in [0, 0.1) is 0 Å². The third kappa shape index (κ3) is 6.05. The number of hydrogen-bond donors (Lipinski definition) is 3. The molecule has 2 rings (SSSR count). The van der Waals surface area contributed by atoms with Gasteiger partial charge in [0.2, 0.25) is 5.91 Å². The average molecular weight is 383 g/mol. The van der Waals surface area contributed by atoms with Crippen LogP contribution in [0.3, 0.4) is 0 Å². The first-order chi connectivity index (χ1) is 11.2. The van der Waals surface area contributed by atoms with Gasteiger partial charge < -0.3 is 20.9 Å². The Labute approximate surface area is 150 Å². The molecule has 1 aromatic carbocycles. The van der Waals surface area contributed by atoms with E-state index in [2.05, 4.69) is 5.32 Å². The zero-order valence-electron chi connectivity index (χ0n) is 13.5. The van der Waals surface area contributed by atoms with Crippen molar-refractivity contribution >= 4 is 18.3 Å². The quantitative estimate of drug-likeness (QED) is 0.704. The molecule has 1 aliphatic rings. The minimum atomic E-state index is -4.46. The second kappa shape index (κ2) is 8.73. The van der Waals surface area contributed by atoms with Crippen molar-refractivity contribution in [1.82, 2.24) is 5.32 Å². The maximum Gasteiger partial charge on any atom is 0.416 e. The molecule has 25 heavy (non-hydrogen) atoms. The number of aliphatic hydroxyl groups excluding tert-OH is 1. The predicted octanol–water partition coefficient (Wildman–Crippen LogP) is 2.25. The molecule has 1 amide bonds. The number of halogens is 4. The summed E-state index contributed by atoms with van der Waals surface area (Å²) < 4.78 is 42.9. The number of carbonyl (C=O) groups is 1. The van der Waals surface area contributed by atoms with Gasteiger partial charge in [0.15, 0.2) is 0 Å². The van der Waals surface area contributed by atoms with Crippen LogP contribution < -0.4 is 15.8 Å². The van der Waals surface area contributed by atoms with E-state index in [4.69, 9.17) is 10.5 Å². The van der Waals surface area contributed by atoms with Gasteiger partial charge in [-0.3, -0.25) is 4.79 Å². The first-order valence-corrected chi connectivity index (χ1v) is 7.76. The van der Waals surface area contributed by atoms with Crippen molar-refractivity contribution in [2.45, 2.75) is 43.5 Å². The van der Waals surface area contributed by atoms with Crippen molar-refractivity contribution in [3.8, 4) is 5.75 Å². The zero-order valence-corrected chi connectivity index (χ0v) is 14.3. The van der Waals surface area contributed by atoms with E-state index < -0.39 is 23.4 Å². The van der Waals surface area contributed by atoms with E-state index in [0.29, 0.717) is 12.8 Å². The molecule has 0 heterocycles. The van der Waals surface area contributed by atoms with Gasteiger partial charge in [-0.1, -0.05) is 18.9 Å². The summed E-state index contributed by atoms with van der Waals surface area (Å²) in [5.74, 6) is -0.320. The van der Waals surface area contributed by atoms with Gasteiger partial charge >= 0.3 is 6.18 Å². The largest absolute Gasteiger partial charge is 0.491 e. The van der Waals surface area contributed by atoms with Crippen LogP contribution in [-0.4, -0.2) is 35.8 Å². The Morgan fingerprint density at radius 3 is 2.60 bits per heavy atom. The molecule has 0 radical (unpaired) electrons. The number of alkyl halides is 3. The smallest absolute Gasteiger partial charge is 0.416 e. The molecular formula is C16H22ClF3N2O3. The summed E-state index contributed by atoms with van der Waals surface area (Å²) >= 11 is 0. The molecule has 0 spiro atoms. The minimum Gasteiger partial charge on any atom is -0.491 e. The third-order valence-electron chi connectivity index (χ3n) is 4.05. The SMILES string of the molecule is Cl.NC1(C(=O)NCC(O)COc2cccc(C(F)(F)F)c2)CCCC1. The minimum absolute atomic E-state index is 0. The number of aliphatic hydroxyl groups is 1. The summed E-state index contributed by atoms with van der Waals surface area (Å²) in [6, 6.07) is 4.39. The van der Waals surface area contributed by atoms with E-state index in [1.165, 1.54) is 12.1 Å². The van der Waals surface area contributed by atoms with Crippen LogP contribution in [0.5, 0.6) is 5.75 Å². The van der Waals surface area contributed by atoms with E-state index in [1.54, 1.807) is 0 Å². The highest BCUT2D eigenvalue weighted by Crippen LogP contribution is 2.31. The van der Waals surface area contributed by atoms with Crippen LogP contribution in [0.1, 0.15) is 31.2 Å². The lowest BCUT2D eigenvalue weighted by molar-refractivity contribution is -0.137. The van der Waals surface area contributed by atoms with Crippen LogP contribution in [0.15, 0.2) is 24.3 Å². The van der Waals surface area contributed by atoms with Crippen LogP contribution in [0.2, 0.25) is 0 Å². The van der Waals surface area contributed by atoms with E-state index in [9.17, 15) is 23.1 Å². The molecule has 1 unspecified atom stereocenters. The maximum absolute atomic E-state index is 12.6. The van der Waals surface area contributed by atoms with E-state index >= 15 is 0 Å². The van der Waals surface area contributed by atoms with Gasteiger partial charge in [0.05, 0.1) is 11.1 Å². The lowest BCUT2D eigenvalue weighted by Gasteiger charge is -2.23. The summed E-state index contributed by atoms with van der Waals surface area (Å²) in [4.78, 5) is 12.0. The molecular weight excluding hydrogens is 361 g/mol. The molecule has 0 aromatic heterocycles. The van der Waals surface area contributed by atoms with Crippen molar-refractivity contribution in [3.63, 3.8) is 0 Å². The Bertz CT molecular complexity index is 578. The summed E-state index contributed by atoms with van der Waals surface area (Å²) in [6.07, 6.45) is -2.50. The molecule has 5 nitrogen and oxygen atoms in total. The second-order valence-electron chi connectivity index (χ2n) is 6.06. The Kier molecular flexibility index (Phi) is 7.52. The average Bonchev–Trinajstić information content (AvgIpc) is 2.98. The summed E-state index contributed by atoms with van der Waals surface area (Å²) in [7, 11) is 0. The maximum atomic E-state index is 12.6. The Morgan fingerprint density at radius 2 is 2.00 bits per heavy atom. The van der Waals surface area contributed by atoms with Crippen LogP contribution in [0.25, 0.3) is 0 Å². The number of nitrogens with one attached hydrogen (secondary N) is 1. The van der Waals surface area contributed by atoms with Gasteiger partial charge in [0.1, 0.15) is 18.5 Å². The number of benzene rings is 1. The predicted molar refractivity (Wildman–Crippen MR) is 88.6 cm³/mol. The Balaban J connectivity index is 0.00000312. The number of amides is 1. The van der Waals surface area contributed by atoms with Gasteiger partial charge in [-0.25, -0.2) is 0 Å². The van der Waals surface area contributed by atoms with Crippen LogP contribution in [0.4, 0.5) is 13.2 Å². The van der Waals surface area contributed by atoms with Gasteiger partial charge in [-0.2, -0.15) is 13.2 Å². The third-order valence-corrected chi connectivity index (χ3v) is 4.05. The van der Waals surface area contributed by atoms with E-state index in [-0.39, 0.29) is 37.2 Å². The summed E-state index contributed by atoms with van der Waals surface area (Å²) in [5.41, 5.74) is 4.27. The number of rotatable bonds is 6. The van der Waals surface area contributed by atoms with Gasteiger partial charge in [-0.15, -0.1) is 12.4 Å². The molecule has 9 heteroatoms. The Hall–Kier alpha value is -1.51. The fourth-order valence-electron chi connectivity index (χ4n) is 2.63. The van der Waals surface area contributed by atoms with Gasteiger partial charge in [-0.05, 0) is 31.0 Å². The molecule has 0 aliphatic heterocycles. The van der Waals surface area contributed by atoms with E-state index in [0.717, 1.165) is 25.0 Å². The topological polar surface area (TPSA) is 84.6 Å². The molecule has 0 saturated heterocycles. The normalized spacial score (nSPS) is 17.5. The molecule has 1 atom stereocenters. The molecule has 4 N–H and O–H groups in total. The highest BCUT2D eigenvalue weighted by Gasteiger charge is 2.37. The molecule has 1 saturated carbocycles. The molecule has 1 aliphatic carbocycles. The van der Waals surface area contributed by atoms with Gasteiger partial charge in [0.25, 0.3) is 0 Å². The first-order valence-electron chi connectivity index (χ1n) is 7.76. The highest BCUT2D eigenvalue weighted by atomic mass is 35.5. The standard InChI is InChI=1S/C16H21F3N2O3.ClH/c17-16(18,19)11-4-3-5-13(8-11)24-10-12(22)9-21-14(23)15(20)6-1-2-7-15;/h3-5,8,12,22H,1-2,6-7,9-10,20H2,(H,21,23);1H. The second-order valence-corrected chi connectivity index (χ2v) is 6.06. The monoisotopic (exact) mass is 382 g/mol. The van der Waals surface area contributed by atoms with Crippen molar-refractivity contribution in [2.24, 2.45) is 5.73 Å². The van der Waals surface area contributed by atoms with Gasteiger partial charge in [0, 0.05) is 6.54 Å². The zero-order chi connectivity index (χ0) is 17.8. The highest BCUT2D eigenvalue weighted by molar-refractivity contribution is 5.86. The molecule has 142 valence electrons. The molecule has 1 fully saturated rings. The Morgan fingerprint density at radius 1 is 1.36 bits per heavy atom. The van der Waals surface area contributed by atoms with Crippen molar-refractivity contribution in [2.75, 3.05) is 13.2 Å². The van der Waals surface area contributed by atoms with Crippen molar-refractivity contribution in [3.05, 3.63) is 29.8 Å². The number of carbonyl (C=O) groups excluding carboxylic acids is 1. The fourth-order valence-corrected chi connectivity index (χ4v) is 2.63. The molecule has 1 aromatic rings. The molecule has 0 bridgehead atoms.